The minimum atomic E-state index is -0.564. The van der Waals surface area contributed by atoms with Crippen LogP contribution in [0.3, 0.4) is 0 Å². The summed E-state index contributed by atoms with van der Waals surface area (Å²) < 4.78 is 0. The first-order chi connectivity index (χ1) is 8.13. The Morgan fingerprint density at radius 2 is 2.06 bits per heavy atom. The predicted octanol–water partition coefficient (Wildman–Crippen LogP) is 1.81. The quantitative estimate of drug-likeness (QED) is 0.595. The van der Waals surface area contributed by atoms with Crippen molar-refractivity contribution in [3.63, 3.8) is 0 Å². The first kappa shape index (κ1) is 12.7. The average Bonchev–Trinajstić information content (AvgIpc) is 2.87. The Morgan fingerprint density at radius 1 is 1.41 bits per heavy atom. The Balaban J connectivity index is 2.08. The van der Waals surface area contributed by atoms with E-state index in [0.29, 0.717) is 18.2 Å². The van der Waals surface area contributed by atoms with Gasteiger partial charge in [-0.25, -0.2) is 4.79 Å². The van der Waals surface area contributed by atoms with Gasteiger partial charge in [0.25, 0.3) is 5.91 Å². The van der Waals surface area contributed by atoms with Gasteiger partial charge < -0.3 is 5.32 Å². The van der Waals surface area contributed by atoms with Gasteiger partial charge in [0.1, 0.15) is 5.54 Å². The number of amides is 3. The molecule has 1 aliphatic carbocycles. The van der Waals surface area contributed by atoms with Crippen LogP contribution in [0.1, 0.15) is 39.0 Å². The van der Waals surface area contributed by atoms with Crippen LogP contribution in [0.4, 0.5) is 4.79 Å². The molecule has 4 nitrogen and oxygen atoms in total. The first-order valence-electron chi connectivity index (χ1n) is 6.38. The molecule has 0 aromatic heterocycles. The summed E-state index contributed by atoms with van der Waals surface area (Å²) in [6.07, 6.45) is 4.60. The molecule has 1 N–H and O–H groups in total. The van der Waals surface area contributed by atoms with Crippen LogP contribution in [-0.2, 0) is 4.79 Å². The molecule has 96 valence electrons. The van der Waals surface area contributed by atoms with Crippen molar-refractivity contribution in [3.8, 4) is 0 Å². The van der Waals surface area contributed by atoms with Crippen molar-refractivity contribution in [1.29, 1.82) is 0 Å². The summed E-state index contributed by atoms with van der Waals surface area (Å²) in [5, 5.41) is 2.90. The smallest absolute Gasteiger partial charge is 0.323 e. The van der Waals surface area contributed by atoms with Gasteiger partial charge in [-0.1, -0.05) is 26.2 Å². The van der Waals surface area contributed by atoms with E-state index in [1.54, 1.807) is 0 Å². The van der Waals surface area contributed by atoms with E-state index in [0.717, 1.165) is 32.1 Å². The second kappa shape index (κ2) is 4.88. The lowest BCUT2D eigenvalue weighted by Gasteiger charge is -2.22. The molecule has 0 radical (unpaired) electrons. The van der Waals surface area contributed by atoms with Gasteiger partial charge in [0.2, 0.25) is 0 Å². The fourth-order valence-corrected chi connectivity index (χ4v) is 3.11. The maximum atomic E-state index is 12.3. The molecule has 1 saturated heterocycles. The van der Waals surface area contributed by atoms with Crippen molar-refractivity contribution >= 4 is 24.6 Å². The number of hydrogen-bond acceptors (Lipinski definition) is 3. The van der Waals surface area contributed by atoms with Gasteiger partial charge in [-0.3, -0.25) is 9.69 Å². The van der Waals surface area contributed by atoms with Crippen LogP contribution in [0.25, 0.3) is 0 Å². The van der Waals surface area contributed by atoms with Gasteiger partial charge >= 0.3 is 6.03 Å². The second-order valence-corrected chi connectivity index (χ2v) is 5.46. The van der Waals surface area contributed by atoms with Gasteiger partial charge in [-0.2, -0.15) is 12.6 Å². The highest BCUT2D eigenvalue weighted by Crippen LogP contribution is 2.35. The molecular formula is C12H20N2O2S. The van der Waals surface area contributed by atoms with Gasteiger partial charge in [0.15, 0.2) is 0 Å². The zero-order chi connectivity index (χ0) is 12.5. The lowest BCUT2D eigenvalue weighted by Crippen LogP contribution is -2.44. The Hall–Kier alpha value is -0.710. The predicted molar refractivity (Wildman–Crippen MR) is 69.1 cm³/mol. The van der Waals surface area contributed by atoms with Gasteiger partial charge in [0, 0.05) is 6.54 Å². The molecule has 0 bridgehead atoms. The standard InChI is InChI=1S/C12H20N2O2S/c1-2-9(8-17)7-14-10(15)12(13-11(14)16)5-3-4-6-12/h9,17H,2-8H2,1H3,(H,13,16). The molecule has 1 unspecified atom stereocenters. The van der Waals surface area contributed by atoms with E-state index in [1.165, 1.54) is 4.90 Å². The highest BCUT2D eigenvalue weighted by atomic mass is 32.1. The van der Waals surface area contributed by atoms with E-state index >= 15 is 0 Å². The number of urea groups is 1. The number of carbonyl (C=O) groups excluding carboxylic acids is 2. The minimum Gasteiger partial charge on any atom is -0.323 e. The summed E-state index contributed by atoms with van der Waals surface area (Å²) in [4.78, 5) is 25.6. The number of nitrogens with zero attached hydrogens (tertiary/aromatic N) is 1. The van der Waals surface area contributed by atoms with Crippen LogP contribution in [0, 0.1) is 5.92 Å². The SMILES string of the molecule is CCC(CS)CN1C(=O)NC2(CCCC2)C1=O. The zero-order valence-corrected chi connectivity index (χ0v) is 11.1. The molecule has 0 aromatic carbocycles. The molecule has 1 saturated carbocycles. The van der Waals surface area contributed by atoms with Crippen molar-refractivity contribution in [2.75, 3.05) is 12.3 Å². The molecule has 17 heavy (non-hydrogen) atoms. The largest absolute Gasteiger partial charge is 0.325 e. The number of rotatable bonds is 4. The summed E-state index contributed by atoms with van der Waals surface area (Å²) in [5.74, 6) is 0.991. The van der Waals surface area contributed by atoms with E-state index in [1.807, 2.05) is 0 Å². The molecule has 3 amide bonds. The summed E-state index contributed by atoms with van der Waals surface area (Å²) in [7, 11) is 0. The first-order valence-corrected chi connectivity index (χ1v) is 7.01. The number of nitrogens with one attached hydrogen (secondary N) is 1. The second-order valence-electron chi connectivity index (χ2n) is 5.09. The lowest BCUT2D eigenvalue weighted by atomic mass is 9.97. The molecule has 2 rings (SSSR count). The number of imide groups is 1. The van der Waals surface area contributed by atoms with E-state index < -0.39 is 5.54 Å². The van der Waals surface area contributed by atoms with E-state index in [2.05, 4.69) is 24.9 Å². The number of thiol groups is 1. The van der Waals surface area contributed by atoms with Gasteiger partial charge in [0.05, 0.1) is 0 Å². The molecule has 1 aliphatic heterocycles. The fourth-order valence-electron chi connectivity index (χ4n) is 2.73. The third kappa shape index (κ3) is 2.17. The van der Waals surface area contributed by atoms with Gasteiger partial charge in [-0.15, -0.1) is 0 Å². The van der Waals surface area contributed by atoms with Crippen molar-refractivity contribution in [1.82, 2.24) is 10.2 Å². The van der Waals surface area contributed by atoms with E-state index in [4.69, 9.17) is 0 Å². The summed E-state index contributed by atoms with van der Waals surface area (Å²) in [5.41, 5.74) is -0.564. The van der Waals surface area contributed by atoms with Crippen LogP contribution < -0.4 is 5.32 Å². The van der Waals surface area contributed by atoms with E-state index in [-0.39, 0.29) is 11.9 Å². The maximum Gasteiger partial charge on any atom is 0.325 e. The number of carbonyl (C=O) groups is 2. The molecule has 1 atom stereocenters. The lowest BCUT2D eigenvalue weighted by molar-refractivity contribution is -0.131. The monoisotopic (exact) mass is 256 g/mol. The Bertz CT molecular complexity index is 322. The average molecular weight is 256 g/mol. The Labute approximate surface area is 108 Å². The molecule has 2 aliphatic rings. The molecule has 2 fully saturated rings. The van der Waals surface area contributed by atoms with Crippen LogP contribution in [0.15, 0.2) is 0 Å². The highest BCUT2D eigenvalue weighted by molar-refractivity contribution is 7.80. The van der Waals surface area contributed by atoms with Gasteiger partial charge in [-0.05, 0) is 24.5 Å². The normalized spacial score (nSPS) is 24.5. The van der Waals surface area contributed by atoms with Crippen LogP contribution in [-0.4, -0.2) is 34.7 Å². The maximum absolute atomic E-state index is 12.3. The van der Waals surface area contributed by atoms with E-state index in [9.17, 15) is 9.59 Å². The van der Waals surface area contributed by atoms with Crippen molar-refractivity contribution in [3.05, 3.63) is 0 Å². The van der Waals surface area contributed by atoms with Crippen molar-refractivity contribution in [2.45, 2.75) is 44.6 Å². The molecule has 0 aromatic rings. The minimum absolute atomic E-state index is 0.0137. The fraction of sp³-hybridized carbons (Fsp3) is 0.833. The molecule has 1 spiro atoms. The third-order valence-corrected chi connectivity index (χ3v) is 4.50. The number of hydrogen-bond donors (Lipinski definition) is 2. The molecular weight excluding hydrogens is 236 g/mol. The zero-order valence-electron chi connectivity index (χ0n) is 10.2. The van der Waals surface area contributed by atoms with Crippen LogP contribution >= 0.6 is 12.6 Å². The van der Waals surface area contributed by atoms with Crippen LogP contribution in [0.5, 0.6) is 0 Å². The summed E-state index contributed by atoms with van der Waals surface area (Å²) >= 11 is 4.26. The highest BCUT2D eigenvalue weighted by Gasteiger charge is 2.52. The van der Waals surface area contributed by atoms with Crippen molar-refractivity contribution in [2.24, 2.45) is 5.92 Å². The topological polar surface area (TPSA) is 49.4 Å². The summed E-state index contributed by atoms with van der Waals surface area (Å²) in [6, 6.07) is -0.211. The Kier molecular flexibility index (Phi) is 3.66. The van der Waals surface area contributed by atoms with Crippen LogP contribution in [0.2, 0.25) is 0 Å². The molecule has 5 heteroatoms. The summed E-state index contributed by atoms with van der Waals surface area (Å²) in [6.45, 7) is 2.57. The van der Waals surface area contributed by atoms with Crippen molar-refractivity contribution < 1.29 is 9.59 Å². The molecule has 1 heterocycles. The third-order valence-electron chi connectivity index (χ3n) is 3.98. The Morgan fingerprint density at radius 3 is 2.59 bits per heavy atom.